The molecule has 5 nitrogen and oxygen atoms in total. The van der Waals surface area contributed by atoms with E-state index < -0.39 is 11.8 Å². The maximum Gasteiger partial charge on any atom is 0.338 e. The molecule has 3 N–H and O–H groups in total. The Hall–Kier alpha value is -1.65. The minimum atomic E-state index is -0.911. The number of Topliss-reactive ketones (excluding diaryl/α,β-unsaturated/α-hetero) is 1. The largest absolute Gasteiger partial charge is 0.515 e. The number of primary amides is 1. The summed E-state index contributed by atoms with van der Waals surface area (Å²) in [5, 5.41) is 8.38. The van der Waals surface area contributed by atoms with Crippen molar-refractivity contribution in [3.63, 3.8) is 0 Å². The lowest BCUT2D eigenvalue weighted by Crippen LogP contribution is -2.06. The molecule has 0 unspecified atom stereocenters. The topological polar surface area (TPSA) is 92.8 Å². The lowest BCUT2D eigenvalue weighted by atomic mass is 10.2. The van der Waals surface area contributed by atoms with E-state index in [2.05, 4.69) is 10.7 Å². The smallest absolute Gasteiger partial charge is 0.338 e. The van der Waals surface area contributed by atoms with E-state index in [1.165, 1.54) is 6.92 Å². The number of ketones is 1. The number of aliphatic hydroxyl groups excluding tert-OH is 1. The van der Waals surface area contributed by atoms with E-state index in [9.17, 15) is 9.59 Å². The summed E-state index contributed by atoms with van der Waals surface area (Å²) in [5.74, 6) is -0.391. The Kier molecular flexibility index (Phi) is 3.58. The summed E-state index contributed by atoms with van der Waals surface area (Å²) < 4.78 is 0. The van der Waals surface area contributed by atoms with Crippen LogP contribution in [-0.4, -0.2) is 23.1 Å². The summed E-state index contributed by atoms with van der Waals surface area (Å²) in [5.41, 5.74) is 4.57. The minimum Gasteiger partial charge on any atom is -0.515 e. The molecule has 0 heterocycles. The molecule has 0 aliphatic rings. The van der Waals surface area contributed by atoms with Gasteiger partial charge in [0, 0.05) is 6.21 Å². The standard InChI is InChI=1S/C6H8N2O3/c1-4(10)5(3-9)2-8-6(7)11/h2-3,9H,1H3,(H2,7,11)/b5-3-,8-2+. The summed E-state index contributed by atoms with van der Waals surface area (Å²) >= 11 is 0. The number of hydrogen-bond acceptors (Lipinski definition) is 3. The average Bonchev–Trinajstić information content (AvgIpc) is 1.87. The summed E-state index contributed by atoms with van der Waals surface area (Å²) in [6.07, 6.45) is 1.47. The van der Waals surface area contributed by atoms with Gasteiger partial charge in [-0.25, -0.2) is 9.79 Å². The molecule has 0 fully saturated rings. The molecule has 0 aromatic heterocycles. The number of amides is 2. The van der Waals surface area contributed by atoms with Crippen LogP contribution in [-0.2, 0) is 4.79 Å². The van der Waals surface area contributed by atoms with Gasteiger partial charge in [0.2, 0.25) is 0 Å². The van der Waals surface area contributed by atoms with Gasteiger partial charge in [-0.2, -0.15) is 0 Å². The van der Waals surface area contributed by atoms with E-state index in [-0.39, 0.29) is 5.57 Å². The van der Waals surface area contributed by atoms with Crippen molar-refractivity contribution in [3.8, 4) is 0 Å². The van der Waals surface area contributed by atoms with Crippen LogP contribution in [0.15, 0.2) is 16.8 Å². The molecular weight excluding hydrogens is 148 g/mol. The fraction of sp³-hybridized carbons (Fsp3) is 0.167. The number of carbonyl (C=O) groups excluding carboxylic acids is 2. The maximum absolute atomic E-state index is 10.5. The molecule has 0 aliphatic carbocycles. The number of rotatable bonds is 2. The second kappa shape index (κ2) is 4.21. The van der Waals surface area contributed by atoms with E-state index in [1.807, 2.05) is 0 Å². The first-order chi connectivity index (χ1) is 5.07. The lowest BCUT2D eigenvalue weighted by Gasteiger charge is -1.89. The van der Waals surface area contributed by atoms with Crippen LogP contribution in [0.5, 0.6) is 0 Å². The highest BCUT2D eigenvalue weighted by atomic mass is 16.2. The number of aliphatic imine (C=N–C) groups is 1. The van der Waals surface area contributed by atoms with Gasteiger partial charge in [0.25, 0.3) is 0 Å². The third-order valence-corrected chi connectivity index (χ3v) is 0.876. The molecule has 60 valence electrons. The van der Waals surface area contributed by atoms with Gasteiger partial charge in [-0.05, 0) is 6.92 Å². The van der Waals surface area contributed by atoms with Crippen molar-refractivity contribution in [1.82, 2.24) is 0 Å². The van der Waals surface area contributed by atoms with Crippen molar-refractivity contribution in [2.45, 2.75) is 6.92 Å². The predicted octanol–water partition coefficient (Wildman–Crippen LogP) is 0.167. The van der Waals surface area contributed by atoms with Gasteiger partial charge in [-0.15, -0.1) is 0 Å². The molecule has 0 atom stereocenters. The summed E-state index contributed by atoms with van der Waals surface area (Å²) in [6.45, 7) is 1.23. The van der Waals surface area contributed by atoms with Crippen LogP contribution in [0.1, 0.15) is 6.92 Å². The number of carbonyl (C=O) groups is 2. The molecular formula is C6H8N2O3. The van der Waals surface area contributed by atoms with Gasteiger partial charge in [0.05, 0.1) is 11.8 Å². The van der Waals surface area contributed by atoms with E-state index >= 15 is 0 Å². The van der Waals surface area contributed by atoms with Crippen molar-refractivity contribution < 1.29 is 14.7 Å². The first-order valence-electron chi connectivity index (χ1n) is 2.76. The molecule has 0 radical (unpaired) electrons. The molecule has 0 saturated carbocycles. The number of nitrogens with two attached hydrogens (primary N) is 1. The quantitative estimate of drug-likeness (QED) is 0.339. The highest BCUT2D eigenvalue weighted by Gasteiger charge is 1.99. The molecule has 0 aliphatic heterocycles. The van der Waals surface area contributed by atoms with Gasteiger partial charge in [0.15, 0.2) is 5.78 Å². The predicted molar refractivity (Wildman–Crippen MR) is 39.5 cm³/mol. The molecule has 0 spiro atoms. The third kappa shape index (κ3) is 3.85. The highest BCUT2D eigenvalue weighted by Crippen LogP contribution is 1.89. The summed E-state index contributed by atoms with van der Waals surface area (Å²) in [4.78, 5) is 23.6. The van der Waals surface area contributed by atoms with Crippen LogP contribution in [0, 0.1) is 0 Å². The van der Waals surface area contributed by atoms with E-state index in [0.29, 0.717) is 6.26 Å². The van der Waals surface area contributed by atoms with Crippen LogP contribution in [0.2, 0.25) is 0 Å². The van der Waals surface area contributed by atoms with Gasteiger partial charge in [-0.3, -0.25) is 4.79 Å². The second-order valence-electron chi connectivity index (χ2n) is 1.74. The van der Waals surface area contributed by atoms with Gasteiger partial charge >= 0.3 is 6.03 Å². The van der Waals surface area contributed by atoms with Crippen LogP contribution >= 0.6 is 0 Å². The van der Waals surface area contributed by atoms with E-state index in [1.54, 1.807) is 0 Å². The van der Waals surface area contributed by atoms with Crippen LogP contribution in [0.4, 0.5) is 4.79 Å². The maximum atomic E-state index is 10.5. The van der Waals surface area contributed by atoms with Gasteiger partial charge < -0.3 is 10.8 Å². The number of urea groups is 1. The molecule has 0 aromatic carbocycles. The fourth-order valence-corrected chi connectivity index (χ4v) is 0.348. The number of aliphatic hydroxyl groups is 1. The van der Waals surface area contributed by atoms with E-state index in [0.717, 1.165) is 6.21 Å². The molecule has 0 aromatic rings. The van der Waals surface area contributed by atoms with Crippen molar-refractivity contribution in [2.24, 2.45) is 10.7 Å². The lowest BCUT2D eigenvalue weighted by molar-refractivity contribution is -0.113. The van der Waals surface area contributed by atoms with Crippen LogP contribution < -0.4 is 5.73 Å². The zero-order valence-electron chi connectivity index (χ0n) is 5.94. The Balaban J connectivity index is 4.34. The molecule has 0 bridgehead atoms. The molecule has 0 saturated heterocycles. The molecule has 2 amide bonds. The van der Waals surface area contributed by atoms with Crippen LogP contribution in [0.3, 0.4) is 0 Å². The van der Waals surface area contributed by atoms with Gasteiger partial charge in [0.1, 0.15) is 0 Å². The Bertz CT molecular complexity index is 230. The second-order valence-corrected chi connectivity index (χ2v) is 1.74. The Morgan fingerprint density at radius 3 is 2.36 bits per heavy atom. The molecule has 5 heteroatoms. The summed E-state index contributed by atoms with van der Waals surface area (Å²) in [7, 11) is 0. The average molecular weight is 156 g/mol. The third-order valence-electron chi connectivity index (χ3n) is 0.876. The van der Waals surface area contributed by atoms with Crippen molar-refractivity contribution in [2.75, 3.05) is 0 Å². The van der Waals surface area contributed by atoms with Crippen molar-refractivity contribution >= 4 is 18.0 Å². The first kappa shape index (κ1) is 9.35. The number of allylic oxidation sites excluding steroid dienone is 1. The molecule has 0 rings (SSSR count). The Labute approximate surface area is 63.2 Å². The molecule has 11 heavy (non-hydrogen) atoms. The summed E-state index contributed by atoms with van der Waals surface area (Å²) in [6, 6.07) is -0.911. The van der Waals surface area contributed by atoms with E-state index in [4.69, 9.17) is 5.11 Å². The number of nitrogens with zero attached hydrogens (tertiary/aromatic N) is 1. The van der Waals surface area contributed by atoms with Crippen molar-refractivity contribution in [3.05, 3.63) is 11.8 Å². The van der Waals surface area contributed by atoms with Crippen molar-refractivity contribution in [1.29, 1.82) is 0 Å². The Morgan fingerprint density at radius 2 is 2.09 bits per heavy atom. The SMILES string of the molecule is CC(=O)C(=C\O)/C=N/C(N)=O. The minimum absolute atomic E-state index is 0.0659. The Morgan fingerprint density at radius 1 is 1.55 bits per heavy atom. The number of hydrogen-bond donors (Lipinski definition) is 2. The zero-order chi connectivity index (χ0) is 8.85. The van der Waals surface area contributed by atoms with Crippen LogP contribution in [0.25, 0.3) is 0 Å². The normalized spacial score (nSPS) is 11.9. The monoisotopic (exact) mass is 156 g/mol. The first-order valence-corrected chi connectivity index (χ1v) is 2.76. The zero-order valence-corrected chi connectivity index (χ0v) is 5.94. The van der Waals surface area contributed by atoms with Gasteiger partial charge in [-0.1, -0.05) is 0 Å². The fourth-order valence-electron chi connectivity index (χ4n) is 0.348. The highest BCUT2D eigenvalue weighted by molar-refractivity contribution is 6.13.